The maximum atomic E-state index is 12.5. The van der Waals surface area contributed by atoms with Gasteiger partial charge in [-0.05, 0) is 68.7 Å². The Morgan fingerprint density at radius 3 is 2.43 bits per heavy atom. The molecule has 3 aliphatic rings. The molecule has 1 aromatic carbocycles. The number of amides is 1. The summed E-state index contributed by atoms with van der Waals surface area (Å²) in [6, 6.07) is 9.51. The number of hydrogen-bond donors (Lipinski definition) is 1. The maximum Gasteiger partial charge on any atom is 0.224 e. The van der Waals surface area contributed by atoms with Crippen molar-refractivity contribution in [3.63, 3.8) is 0 Å². The molecule has 1 atom stereocenters. The molecule has 1 aliphatic carbocycles. The third kappa shape index (κ3) is 4.76. The van der Waals surface area contributed by atoms with Crippen molar-refractivity contribution in [2.24, 2.45) is 5.92 Å². The van der Waals surface area contributed by atoms with Gasteiger partial charge in [0.25, 0.3) is 0 Å². The molecular weight excluding hydrogens is 352 g/mol. The van der Waals surface area contributed by atoms with Gasteiger partial charge in [0, 0.05) is 32.2 Å². The summed E-state index contributed by atoms with van der Waals surface area (Å²) in [5.74, 6) is 0.635. The maximum absolute atomic E-state index is 12.5. The molecule has 2 saturated heterocycles. The lowest BCUT2D eigenvalue weighted by Gasteiger charge is -2.38. The van der Waals surface area contributed by atoms with Crippen LogP contribution in [-0.2, 0) is 22.4 Å². The number of fused-ring (bicyclic) bond motifs is 1. The third-order valence-corrected chi connectivity index (χ3v) is 6.80. The van der Waals surface area contributed by atoms with E-state index < -0.39 is 0 Å². The van der Waals surface area contributed by atoms with Crippen LogP contribution in [0.5, 0.6) is 0 Å². The average Bonchev–Trinajstić information content (AvgIpc) is 3.37. The first-order chi connectivity index (χ1) is 13.7. The molecule has 2 fully saturated rings. The summed E-state index contributed by atoms with van der Waals surface area (Å²) < 4.78 is 5.75. The smallest absolute Gasteiger partial charge is 0.224 e. The Hall–Kier alpha value is -1.43. The van der Waals surface area contributed by atoms with Crippen molar-refractivity contribution in [1.29, 1.82) is 0 Å². The van der Waals surface area contributed by atoms with E-state index in [4.69, 9.17) is 4.74 Å². The fourth-order valence-corrected chi connectivity index (χ4v) is 5.17. The van der Waals surface area contributed by atoms with Crippen LogP contribution >= 0.6 is 0 Å². The van der Waals surface area contributed by atoms with Crippen molar-refractivity contribution in [3.8, 4) is 0 Å². The van der Waals surface area contributed by atoms with E-state index in [0.29, 0.717) is 18.5 Å². The van der Waals surface area contributed by atoms with E-state index >= 15 is 0 Å². The quantitative estimate of drug-likeness (QED) is 0.781. The number of hydrogen-bond acceptors (Lipinski definition) is 4. The van der Waals surface area contributed by atoms with Gasteiger partial charge in [0.2, 0.25) is 5.91 Å². The molecule has 2 heterocycles. The Morgan fingerprint density at radius 1 is 1.11 bits per heavy atom. The van der Waals surface area contributed by atoms with E-state index in [1.165, 1.54) is 24.0 Å². The highest BCUT2D eigenvalue weighted by Crippen LogP contribution is 2.29. The van der Waals surface area contributed by atoms with Gasteiger partial charge in [-0.1, -0.05) is 24.3 Å². The predicted octanol–water partition coefficient (Wildman–Crippen LogP) is 2.26. The van der Waals surface area contributed by atoms with E-state index in [-0.39, 0.29) is 25.0 Å². The first-order valence-corrected chi connectivity index (χ1v) is 11.0. The lowest BCUT2D eigenvalue weighted by molar-refractivity contribution is -0.134. The van der Waals surface area contributed by atoms with E-state index in [0.717, 1.165) is 51.9 Å². The van der Waals surface area contributed by atoms with Gasteiger partial charge in [0.15, 0.2) is 0 Å². The van der Waals surface area contributed by atoms with E-state index in [9.17, 15) is 9.90 Å². The van der Waals surface area contributed by atoms with Gasteiger partial charge in [0.1, 0.15) is 0 Å². The number of carbonyl (C=O) groups is 1. The molecule has 28 heavy (non-hydrogen) atoms. The summed E-state index contributed by atoms with van der Waals surface area (Å²) in [4.78, 5) is 17.1. The van der Waals surface area contributed by atoms with Gasteiger partial charge in [-0.15, -0.1) is 0 Å². The van der Waals surface area contributed by atoms with Gasteiger partial charge >= 0.3 is 0 Å². The highest BCUT2D eigenvalue weighted by atomic mass is 16.5. The monoisotopic (exact) mass is 386 g/mol. The lowest BCUT2D eigenvalue weighted by Crippen LogP contribution is -2.46. The Morgan fingerprint density at radius 2 is 1.82 bits per heavy atom. The first-order valence-electron chi connectivity index (χ1n) is 11.0. The Balaban J connectivity index is 1.28. The molecule has 0 bridgehead atoms. The average molecular weight is 387 g/mol. The van der Waals surface area contributed by atoms with Crippen LogP contribution in [0.4, 0.5) is 0 Å². The standard InChI is InChI=1S/C23H34N2O3/c26-12-9-23(27)25(17-22-6-3-13-28-22)16-18-7-10-24(11-8-18)21-14-19-4-1-2-5-20(19)15-21/h1-2,4-5,18,21-22,26H,3,6-17H2. The minimum atomic E-state index is -0.0679. The minimum absolute atomic E-state index is 0.0679. The number of piperidine rings is 1. The van der Waals surface area contributed by atoms with Gasteiger partial charge in [-0.3, -0.25) is 9.69 Å². The van der Waals surface area contributed by atoms with Gasteiger partial charge in [-0.2, -0.15) is 0 Å². The van der Waals surface area contributed by atoms with E-state index in [1.807, 2.05) is 4.90 Å². The second kappa shape index (κ2) is 9.38. The van der Waals surface area contributed by atoms with Crippen LogP contribution in [0.25, 0.3) is 0 Å². The molecule has 1 unspecified atom stereocenters. The molecule has 0 radical (unpaired) electrons. The van der Waals surface area contributed by atoms with E-state index in [1.54, 1.807) is 0 Å². The number of likely N-dealkylation sites (tertiary alicyclic amines) is 1. The van der Waals surface area contributed by atoms with Crippen LogP contribution < -0.4 is 0 Å². The zero-order valence-electron chi connectivity index (χ0n) is 16.9. The van der Waals surface area contributed by atoms with Crippen LogP contribution in [0.3, 0.4) is 0 Å². The van der Waals surface area contributed by atoms with Crippen LogP contribution in [0.15, 0.2) is 24.3 Å². The van der Waals surface area contributed by atoms with Crippen LogP contribution in [0, 0.1) is 5.92 Å². The predicted molar refractivity (Wildman–Crippen MR) is 109 cm³/mol. The molecule has 0 saturated carbocycles. The largest absolute Gasteiger partial charge is 0.396 e. The number of rotatable bonds is 7. The number of aliphatic hydroxyl groups excluding tert-OH is 1. The molecule has 2 aliphatic heterocycles. The van der Waals surface area contributed by atoms with Crippen molar-refractivity contribution in [2.75, 3.05) is 39.4 Å². The second-order valence-electron chi connectivity index (χ2n) is 8.72. The van der Waals surface area contributed by atoms with Crippen LogP contribution in [0.2, 0.25) is 0 Å². The number of aliphatic hydroxyl groups is 1. The summed E-state index contributed by atoms with van der Waals surface area (Å²) >= 11 is 0. The highest BCUT2D eigenvalue weighted by Gasteiger charge is 2.31. The van der Waals surface area contributed by atoms with Gasteiger partial charge in [0.05, 0.1) is 12.7 Å². The van der Waals surface area contributed by atoms with Crippen molar-refractivity contribution < 1.29 is 14.6 Å². The molecular formula is C23H34N2O3. The summed E-state index contributed by atoms with van der Waals surface area (Å²) in [6.07, 6.45) is 7.22. The molecule has 5 heteroatoms. The van der Waals surface area contributed by atoms with Gasteiger partial charge in [-0.25, -0.2) is 0 Å². The zero-order valence-corrected chi connectivity index (χ0v) is 16.9. The fourth-order valence-electron chi connectivity index (χ4n) is 5.17. The summed E-state index contributed by atoms with van der Waals surface area (Å²) in [5, 5.41) is 9.20. The summed E-state index contributed by atoms with van der Waals surface area (Å²) in [7, 11) is 0. The Labute approximate surface area is 168 Å². The molecule has 4 rings (SSSR count). The van der Waals surface area contributed by atoms with E-state index in [2.05, 4.69) is 29.2 Å². The first kappa shape index (κ1) is 19.9. The van der Waals surface area contributed by atoms with Crippen molar-refractivity contribution >= 4 is 5.91 Å². The Bertz CT molecular complexity index is 626. The van der Waals surface area contributed by atoms with Crippen molar-refractivity contribution in [1.82, 2.24) is 9.80 Å². The third-order valence-electron chi connectivity index (χ3n) is 6.80. The molecule has 1 aromatic rings. The van der Waals surface area contributed by atoms with Crippen LogP contribution in [0.1, 0.15) is 43.2 Å². The highest BCUT2D eigenvalue weighted by molar-refractivity contribution is 5.76. The molecule has 154 valence electrons. The number of benzene rings is 1. The molecule has 0 aromatic heterocycles. The fraction of sp³-hybridized carbons (Fsp3) is 0.696. The minimum Gasteiger partial charge on any atom is -0.396 e. The van der Waals surface area contributed by atoms with Crippen LogP contribution in [-0.4, -0.2) is 72.4 Å². The van der Waals surface area contributed by atoms with Crippen molar-refractivity contribution in [3.05, 3.63) is 35.4 Å². The van der Waals surface area contributed by atoms with Gasteiger partial charge < -0.3 is 14.7 Å². The zero-order chi connectivity index (χ0) is 19.3. The summed E-state index contributed by atoms with van der Waals surface area (Å²) in [6.45, 7) is 4.52. The molecule has 5 nitrogen and oxygen atoms in total. The summed E-state index contributed by atoms with van der Waals surface area (Å²) in [5.41, 5.74) is 3.04. The van der Waals surface area contributed by atoms with Crippen molar-refractivity contribution in [2.45, 2.75) is 57.1 Å². The Kier molecular flexibility index (Phi) is 6.65. The topological polar surface area (TPSA) is 53.0 Å². The SMILES string of the molecule is O=C(CCO)N(CC1CCN(C2Cc3ccccc3C2)CC1)CC1CCCO1. The number of nitrogens with zero attached hydrogens (tertiary/aromatic N) is 2. The molecule has 0 spiro atoms. The normalized spacial score (nSPS) is 23.8. The molecule has 1 N–H and O–H groups in total. The second-order valence-corrected chi connectivity index (χ2v) is 8.72. The number of ether oxygens (including phenoxy) is 1. The molecule has 1 amide bonds. The lowest BCUT2D eigenvalue weighted by atomic mass is 9.94. The number of carbonyl (C=O) groups excluding carboxylic acids is 1.